The van der Waals surface area contributed by atoms with E-state index in [2.05, 4.69) is 4.98 Å². The fourth-order valence-corrected chi connectivity index (χ4v) is 4.10. The number of primary sulfonamides is 1. The Morgan fingerprint density at radius 2 is 2.00 bits per heavy atom. The van der Waals surface area contributed by atoms with Crippen molar-refractivity contribution in [3.63, 3.8) is 0 Å². The standard InChI is InChI=1S/C16H15FN2O3S2/c1-11-7-8-13(24(18,20)21)14(22-12-5-3-2-4-6-12)16(11,17)15-19-9-10-23-15/h2-10,14H,1H3,(H2,18,20,21). The molecule has 0 bridgehead atoms. The van der Waals surface area contributed by atoms with E-state index in [4.69, 9.17) is 9.88 Å². The van der Waals surface area contributed by atoms with Crippen LogP contribution in [-0.4, -0.2) is 19.5 Å². The highest BCUT2D eigenvalue weighted by molar-refractivity contribution is 7.93. The maximum absolute atomic E-state index is 16.1. The van der Waals surface area contributed by atoms with Crippen molar-refractivity contribution in [2.45, 2.75) is 18.7 Å². The van der Waals surface area contributed by atoms with Gasteiger partial charge in [-0.05, 0) is 30.7 Å². The Balaban J connectivity index is 2.15. The van der Waals surface area contributed by atoms with E-state index in [1.165, 1.54) is 18.3 Å². The van der Waals surface area contributed by atoms with Gasteiger partial charge in [0, 0.05) is 11.6 Å². The molecular formula is C16H15FN2O3S2. The molecule has 1 aromatic heterocycles. The van der Waals surface area contributed by atoms with Crippen LogP contribution in [0.3, 0.4) is 0 Å². The highest BCUT2D eigenvalue weighted by Gasteiger charge is 2.52. The zero-order valence-corrected chi connectivity index (χ0v) is 14.4. The Morgan fingerprint density at radius 1 is 1.29 bits per heavy atom. The number of halogens is 1. The molecule has 1 aliphatic carbocycles. The molecule has 1 aromatic carbocycles. The van der Waals surface area contributed by atoms with E-state index < -0.39 is 21.8 Å². The first kappa shape index (κ1) is 16.8. The number of aromatic nitrogens is 1. The zero-order chi connectivity index (χ0) is 17.4. The molecule has 0 aliphatic heterocycles. The average Bonchev–Trinajstić information content (AvgIpc) is 3.07. The van der Waals surface area contributed by atoms with Gasteiger partial charge in [-0.2, -0.15) is 0 Å². The summed E-state index contributed by atoms with van der Waals surface area (Å²) in [5, 5.41) is 7.03. The van der Waals surface area contributed by atoms with Crippen LogP contribution in [0.2, 0.25) is 0 Å². The van der Waals surface area contributed by atoms with Crippen LogP contribution in [0, 0.1) is 0 Å². The van der Waals surface area contributed by atoms with Gasteiger partial charge in [-0.3, -0.25) is 0 Å². The molecule has 0 amide bonds. The monoisotopic (exact) mass is 366 g/mol. The third-order valence-electron chi connectivity index (χ3n) is 3.76. The molecule has 8 heteroatoms. The predicted molar refractivity (Wildman–Crippen MR) is 90.7 cm³/mol. The summed E-state index contributed by atoms with van der Waals surface area (Å²) in [6, 6.07) is 8.45. The molecule has 2 N–H and O–H groups in total. The molecule has 126 valence electrons. The summed E-state index contributed by atoms with van der Waals surface area (Å²) in [5.74, 6) is 0.338. The van der Waals surface area contributed by atoms with Gasteiger partial charge in [0.2, 0.25) is 15.7 Å². The second-order valence-corrected chi connectivity index (χ2v) is 7.78. The molecule has 0 saturated carbocycles. The minimum absolute atomic E-state index is 0.117. The number of alkyl halides is 1. The van der Waals surface area contributed by atoms with Crippen molar-refractivity contribution in [2.75, 3.05) is 0 Å². The van der Waals surface area contributed by atoms with Gasteiger partial charge in [0.05, 0.1) is 0 Å². The Bertz CT molecular complexity index is 893. The number of thiazole rings is 1. The Labute approximate surface area is 143 Å². The molecule has 1 heterocycles. The normalized spacial score (nSPS) is 24.2. The summed E-state index contributed by atoms with van der Waals surface area (Å²) >= 11 is 1.09. The lowest BCUT2D eigenvalue weighted by molar-refractivity contribution is 0.0594. The van der Waals surface area contributed by atoms with Gasteiger partial charge in [0.15, 0.2) is 6.10 Å². The van der Waals surface area contributed by atoms with E-state index in [1.54, 1.807) is 42.6 Å². The topological polar surface area (TPSA) is 82.3 Å². The second kappa shape index (κ2) is 6.12. The summed E-state index contributed by atoms with van der Waals surface area (Å²) in [6.45, 7) is 1.57. The van der Waals surface area contributed by atoms with Crippen LogP contribution in [0.1, 0.15) is 11.9 Å². The van der Waals surface area contributed by atoms with Gasteiger partial charge in [-0.25, -0.2) is 22.9 Å². The molecule has 0 saturated heterocycles. The number of sulfonamides is 1. The SMILES string of the molecule is CC1=CC=C(S(N)(=O)=O)C(Oc2ccccc2)C1(F)c1nccs1. The maximum Gasteiger partial charge on any atom is 0.238 e. The van der Waals surface area contributed by atoms with Crippen molar-refractivity contribution in [3.05, 3.63) is 69.5 Å². The lowest BCUT2D eigenvalue weighted by atomic mass is 9.87. The molecule has 5 nitrogen and oxygen atoms in total. The molecule has 1 aliphatic rings. The minimum atomic E-state index is -4.15. The van der Waals surface area contributed by atoms with E-state index in [0.717, 1.165) is 11.3 Å². The first-order valence-corrected chi connectivity index (χ1v) is 9.48. The molecule has 2 aromatic rings. The number of allylic oxidation sites excluding steroid dienone is 2. The van der Waals surface area contributed by atoms with E-state index in [0.29, 0.717) is 11.3 Å². The number of nitrogens with two attached hydrogens (primary N) is 1. The lowest BCUT2D eigenvalue weighted by Gasteiger charge is -2.36. The van der Waals surface area contributed by atoms with Gasteiger partial charge in [0.25, 0.3) is 0 Å². The number of hydrogen-bond donors (Lipinski definition) is 1. The quantitative estimate of drug-likeness (QED) is 0.902. The molecule has 2 unspecified atom stereocenters. The summed E-state index contributed by atoms with van der Waals surface area (Å²) in [4.78, 5) is 3.71. The van der Waals surface area contributed by atoms with Gasteiger partial charge in [-0.1, -0.05) is 24.3 Å². The van der Waals surface area contributed by atoms with Crippen molar-refractivity contribution in [2.24, 2.45) is 5.14 Å². The van der Waals surface area contributed by atoms with Crippen LogP contribution in [0.15, 0.2) is 64.5 Å². The third-order valence-corrected chi connectivity index (χ3v) is 5.65. The molecule has 3 rings (SSSR count). The number of rotatable bonds is 4. The van der Waals surface area contributed by atoms with Crippen molar-refractivity contribution >= 4 is 21.4 Å². The first-order valence-electron chi connectivity index (χ1n) is 7.06. The minimum Gasteiger partial charge on any atom is -0.481 e. The molecule has 0 fully saturated rings. The van der Waals surface area contributed by atoms with Crippen LogP contribution in [-0.2, 0) is 15.7 Å². The van der Waals surface area contributed by atoms with Crippen molar-refractivity contribution in [1.82, 2.24) is 4.98 Å². The van der Waals surface area contributed by atoms with Crippen molar-refractivity contribution in [3.8, 4) is 5.75 Å². The highest BCUT2D eigenvalue weighted by Crippen LogP contribution is 2.45. The van der Waals surface area contributed by atoms with E-state index in [9.17, 15) is 8.42 Å². The van der Waals surface area contributed by atoms with E-state index >= 15 is 4.39 Å². The van der Waals surface area contributed by atoms with E-state index in [-0.39, 0.29) is 9.91 Å². The molecule has 24 heavy (non-hydrogen) atoms. The van der Waals surface area contributed by atoms with E-state index in [1.807, 2.05) is 0 Å². The van der Waals surface area contributed by atoms with Gasteiger partial charge in [0.1, 0.15) is 15.7 Å². The molecular weight excluding hydrogens is 351 g/mol. The maximum atomic E-state index is 16.1. The molecule has 0 spiro atoms. The van der Waals surface area contributed by atoms with Crippen LogP contribution in [0.4, 0.5) is 4.39 Å². The Morgan fingerprint density at radius 3 is 2.58 bits per heavy atom. The average molecular weight is 366 g/mol. The fourth-order valence-electron chi connectivity index (χ4n) is 2.52. The zero-order valence-electron chi connectivity index (χ0n) is 12.7. The predicted octanol–water partition coefficient (Wildman–Crippen LogP) is 2.89. The summed E-state index contributed by atoms with van der Waals surface area (Å²) in [5.41, 5.74) is -1.92. The third kappa shape index (κ3) is 2.88. The van der Waals surface area contributed by atoms with Crippen molar-refractivity contribution < 1.29 is 17.5 Å². The van der Waals surface area contributed by atoms with Crippen LogP contribution in [0.25, 0.3) is 0 Å². The molecule has 2 atom stereocenters. The largest absolute Gasteiger partial charge is 0.481 e. The lowest BCUT2D eigenvalue weighted by Crippen LogP contribution is -2.46. The smallest absolute Gasteiger partial charge is 0.238 e. The number of nitrogens with zero attached hydrogens (tertiary/aromatic N) is 1. The second-order valence-electron chi connectivity index (χ2n) is 5.32. The highest BCUT2D eigenvalue weighted by atomic mass is 32.2. The number of hydrogen-bond acceptors (Lipinski definition) is 5. The van der Waals surface area contributed by atoms with Crippen LogP contribution < -0.4 is 9.88 Å². The number of benzene rings is 1. The summed E-state index contributed by atoms with van der Waals surface area (Å²) in [7, 11) is -4.15. The Kier molecular flexibility index (Phi) is 4.29. The van der Waals surface area contributed by atoms with Gasteiger partial charge in [-0.15, -0.1) is 11.3 Å². The Hall–Kier alpha value is -2.03. The fraction of sp³-hybridized carbons (Fsp3) is 0.188. The van der Waals surface area contributed by atoms with Crippen LogP contribution in [0.5, 0.6) is 5.75 Å². The summed E-state index contributed by atoms with van der Waals surface area (Å²) < 4.78 is 45.7. The number of ether oxygens (including phenoxy) is 1. The van der Waals surface area contributed by atoms with Crippen molar-refractivity contribution in [1.29, 1.82) is 0 Å². The number of para-hydroxylation sites is 1. The summed E-state index contributed by atoms with van der Waals surface area (Å²) in [6.07, 6.45) is 2.68. The first-order chi connectivity index (χ1) is 11.3. The van der Waals surface area contributed by atoms with Gasteiger partial charge >= 0.3 is 0 Å². The molecule has 0 radical (unpaired) electrons. The van der Waals surface area contributed by atoms with Crippen LogP contribution >= 0.6 is 11.3 Å². The van der Waals surface area contributed by atoms with Gasteiger partial charge < -0.3 is 4.74 Å².